The highest BCUT2D eigenvalue weighted by Gasteiger charge is 2.35. The number of nitrogens with zero attached hydrogens (tertiary/aromatic N) is 1. The quantitative estimate of drug-likeness (QED) is 0.928. The van der Waals surface area contributed by atoms with Crippen LogP contribution >= 0.6 is 11.6 Å². The fraction of sp³-hybridized carbons (Fsp3) is 0.263. The summed E-state index contributed by atoms with van der Waals surface area (Å²) in [5.41, 5.74) is 1.78. The molecular formula is C19H19ClN2O2. The molecular weight excluding hydrogens is 324 g/mol. The van der Waals surface area contributed by atoms with Crippen molar-refractivity contribution >= 4 is 23.4 Å². The molecule has 0 bridgehead atoms. The van der Waals surface area contributed by atoms with E-state index < -0.39 is 6.04 Å². The Balaban J connectivity index is 1.77. The molecule has 2 aromatic rings. The van der Waals surface area contributed by atoms with Gasteiger partial charge >= 0.3 is 0 Å². The number of rotatable bonds is 4. The third-order valence-corrected chi connectivity index (χ3v) is 4.55. The number of hydrogen-bond acceptors (Lipinski definition) is 2. The molecule has 5 heteroatoms. The van der Waals surface area contributed by atoms with Gasteiger partial charge in [-0.05, 0) is 18.1 Å². The van der Waals surface area contributed by atoms with Crippen molar-refractivity contribution in [1.29, 1.82) is 0 Å². The SMILES string of the molecule is O=C1NCCN(C(=O)CCc2ccccc2)C1c1ccccc1Cl. The van der Waals surface area contributed by atoms with Crippen LogP contribution in [0.3, 0.4) is 0 Å². The molecule has 2 amide bonds. The lowest BCUT2D eigenvalue weighted by molar-refractivity contribution is -0.143. The van der Waals surface area contributed by atoms with Gasteiger partial charge in [-0.1, -0.05) is 60.1 Å². The molecule has 0 radical (unpaired) electrons. The molecule has 1 aliphatic heterocycles. The predicted molar refractivity (Wildman–Crippen MR) is 93.7 cm³/mol. The van der Waals surface area contributed by atoms with Gasteiger partial charge in [-0.3, -0.25) is 9.59 Å². The molecule has 4 nitrogen and oxygen atoms in total. The molecule has 0 saturated carbocycles. The van der Waals surface area contributed by atoms with Crippen LogP contribution in [0.25, 0.3) is 0 Å². The normalized spacial score (nSPS) is 17.5. The Morgan fingerprint density at radius 2 is 1.83 bits per heavy atom. The Morgan fingerprint density at radius 3 is 2.58 bits per heavy atom. The van der Waals surface area contributed by atoms with Crippen molar-refractivity contribution in [3.63, 3.8) is 0 Å². The Kier molecular flexibility index (Phi) is 5.16. The monoisotopic (exact) mass is 342 g/mol. The molecule has 2 aromatic carbocycles. The summed E-state index contributed by atoms with van der Waals surface area (Å²) in [6.07, 6.45) is 1.03. The van der Waals surface area contributed by atoms with Gasteiger partial charge in [-0.2, -0.15) is 0 Å². The number of piperazine rings is 1. The summed E-state index contributed by atoms with van der Waals surface area (Å²) >= 11 is 6.25. The van der Waals surface area contributed by atoms with E-state index in [1.807, 2.05) is 42.5 Å². The van der Waals surface area contributed by atoms with Crippen molar-refractivity contribution in [1.82, 2.24) is 10.2 Å². The van der Waals surface area contributed by atoms with Crippen LogP contribution in [0.2, 0.25) is 5.02 Å². The van der Waals surface area contributed by atoms with Gasteiger partial charge in [0.05, 0.1) is 0 Å². The average molecular weight is 343 g/mol. The highest BCUT2D eigenvalue weighted by Crippen LogP contribution is 2.29. The molecule has 24 heavy (non-hydrogen) atoms. The molecule has 1 unspecified atom stereocenters. The molecule has 1 atom stereocenters. The number of aryl methyl sites for hydroxylation is 1. The average Bonchev–Trinajstić information content (AvgIpc) is 2.61. The minimum absolute atomic E-state index is 0.0291. The second-order valence-electron chi connectivity index (χ2n) is 5.79. The minimum Gasteiger partial charge on any atom is -0.352 e. The lowest BCUT2D eigenvalue weighted by Gasteiger charge is -2.35. The predicted octanol–water partition coefficient (Wildman–Crippen LogP) is 2.97. The second kappa shape index (κ2) is 7.49. The molecule has 1 saturated heterocycles. The molecule has 0 aliphatic carbocycles. The summed E-state index contributed by atoms with van der Waals surface area (Å²) in [4.78, 5) is 26.7. The number of carbonyl (C=O) groups excluding carboxylic acids is 2. The van der Waals surface area contributed by atoms with E-state index in [0.717, 1.165) is 5.56 Å². The smallest absolute Gasteiger partial charge is 0.247 e. The third-order valence-electron chi connectivity index (χ3n) is 4.20. The number of carbonyl (C=O) groups is 2. The number of hydrogen-bond donors (Lipinski definition) is 1. The summed E-state index contributed by atoms with van der Waals surface area (Å²) in [6, 6.07) is 16.4. The Labute approximate surface area is 146 Å². The van der Waals surface area contributed by atoms with Crippen LogP contribution in [-0.2, 0) is 16.0 Å². The van der Waals surface area contributed by atoms with E-state index in [1.165, 1.54) is 0 Å². The summed E-state index contributed by atoms with van der Waals surface area (Å²) in [5.74, 6) is -0.207. The first-order valence-electron chi connectivity index (χ1n) is 8.02. The van der Waals surface area contributed by atoms with Crippen LogP contribution in [0.4, 0.5) is 0 Å². The van der Waals surface area contributed by atoms with Crippen molar-refractivity contribution < 1.29 is 9.59 Å². The Morgan fingerprint density at radius 1 is 1.12 bits per heavy atom. The summed E-state index contributed by atoms with van der Waals surface area (Å²) in [7, 11) is 0. The lowest BCUT2D eigenvalue weighted by atomic mass is 10.0. The maximum atomic E-state index is 12.7. The molecule has 0 spiro atoms. The maximum absolute atomic E-state index is 12.7. The van der Waals surface area contributed by atoms with Crippen molar-refractivity contribution in [2.45, 2.75) is 18.9 Å². The van der Waals surface area contributed by atoms with Gasteiger partial charge in [-0.15, -0.1) is 0 Å². The van der Waals surface area contributed by atoms with Crippen LogP contribution in [0, 0.1) is 0 Å². The standard InChI is InChI=1S/C19H19ClN2O2/c20-16-9-5-4-8-15(16)18-19(24)21-12-13-22(18)17(23)11-10-14-6-2-1-3-7-14/h1-9,18H,10-13H2,(H,21,24). The van der Waals surface area contributed by atoms with Gasteiger partial charge in [0.1, 0.15) is 6.04 Å². The van der Waals surface area contributed by atoms with Crippen LogP contribution in [0.5, 0.6) is 0 Å². The van der Waals surface area contributed by atoms with Gasteiger partial charge in [0.15, 0.2) is 0 Å². The summed E-state index contributed by atoms with van der Waals surface area (Å²) in [5, 5.41) is 3.33. The van der Waals surface area contributed by atoms with Gasteiger partial charge in [0.25, 0.3) is 0 Å². The molecule has 1 aliphatic rings. The van der Waals surface area contributed by atoms with E-state index in [1.54, 1.807) is 17.0 Å². The van der Waals surface area contributed by atoms with Gasteiger partial charge in [-0.25, -0.2) is 0 Å². The number of benzene rings is 2. The van der Waals surface area contributed by atoms with Gasteiger partial charge in [0.2, 0.25) is 11.8 Å². The molecule has 1 N–H and O–H groups in total. The van der Waals surface area contributed by atoms with Crippen LogP contribution < -0.4 is 5.32 Å². The highest BCUT2D eigenvalue weighted by molar-refractivity contribution is 6.31. The first-order chi connectivity index (χ1) is 11.7. The van der Waals surface area contributed by atoms with Crippen LogP contribution in [-0.4, -0.2) is 29.8 Å². The number of amides is 2. The van der Waals surface area contributed by atoms with Crippen molar-refractivity contribution in [2.75, 3.05) is 13.1 Å². The van der Waals surface area contributed by atoms with E-state index in [0.29, 0.717) is 36.5 Å². The fourth-order valence-corrected chi connectivity index (χ4v) is 3.22. The molecule has 1 heterocycles. The topological polar surface area (TPSA) is 49.4 Å². The number of halogens is 1. The zero-order valence-corrected chi connectivity index (χ0v) is 14.0. The molecule has 1 fully saturated rings. The third kappa shape index (κ3) is 3.60. The summed E-state index contributed by atoms with van der Waals surface area (Å²) < 4.78 is 0. The zero-order valence-electron chi connectivity index (χ0n) is 13.2. The zero-order chi connectivity index (χ0) is 16.9. The van der Waals surface area contributed by atoms with E-state index in [4.69, 9.17) is 11.6 Å². The second-order valence-corrected chi connectivity index (χ2v) is 6.20. The van der Waals surface area contributed by atoms with Gasteiger partial charge in [0, 0.05) is 30.1 Å². The number of nitrogens with one attached hydrogen (secondary N) is 1. The van der Waals surface area contributed by atoms with Crippen molar-refractivity contribution in [3.8, 4) is 0 Å². The first-order valence-corrected chi connectivity index (χ1v) is 8.40. The molecule has 124 valence electrons. The maximum Gasteiger partial charge on any atom is 0.247 e. The Hall–Kier alpha value is -2.33. The summed E-state index contributed by atoms with van der Waals surface area (Å²) in [6.45, 7) is 0.964. The fourth-order valence-electron chi connectivity index (χ4n) is 2.98. The molecule has 0 aromatic heterocycles. The van der Waals surface area contributed by atoms with E-state index in [2.05, 4.69) is 5.32 Å². The van der Waals surface area contributed by atoms with Crippen LogP contribution in [0.15, 0.2) is 54.6 Å². The van der Waals surface area contributed by atoms with Crippen LogP contribution in [0.1, 0.15) is 23.6 Å². The Bertz CT molecular complexity index is 733. The first kappa shape index (κ1) is 16.5. The highest BCUT2D eigenvalue weighted by atomic mass is 35.5. The van der Waals surface area contributed by atoms with Gasteiger partial charge < -0.3 is 10.2 Å². The van der Waals surface area contributed by atoms with Crippen molar-refractivity contribution in [2.24, 2.45) is 0 Å². The molecule has 3 rings (SSSR count). The minimum atomic E-state index is -0.657. The van der Waals surface area contributed by atoms with E-state index >= 15 is 0 Å². The van der Waals surface area contributed by atoms with E-state index in [-0.39, 0.29) is 11.8 Å². The lowest BCUT2D eigenvalue weighted by Crippen LogP contribution is -2.52. The largest absolute Gasteiger partial charge is 0.352 e. The van der Waals surface area contributed by atoms with Crippen molar-refractivity contribution in [3.05, 3.63) is 70.7 Å². The van der Waals surface area contributed by atoms with E-state index in [9.17, 15) is 9.59 Å².